The minimum Gasteiger partial charge on any atom is -0.404 e. The molecule has 0 unspecified atom stereocenters. The van der Waals surface area contributed by atoms with Gasteiger partial charge in [0.05, 0.1) is 12.7 Å². The van der Waals surface area contributed by atoms with Crippen LogP contribution >= 0.6 is 0 Å². The van der Waals surface area contributed by atoms with Crippen molar-refractivity contribution >= 4 is 18.7 Å². The molecule has 0 spiro atoms. The zero-order valence-corrected chi connectivity index (χ0v) is 21.0. The van der Waals surface area contributed by atoms with Crippen molar-refractivity contribution in [3.05, 3.63) is 108 Å². The first-order chi connectivity index (χ1) is 15.4. The van der Waals surface area contributed by atoms with Gasteiger partial charge in [-0.15, -0.1) is 0 Å². The lowest BCUT2D eigenvalue weighted by Gasteiger charge is -2.42. The summed E-state index contributed by atoms with van der Waals surface area (Å²) < 4.78 is 12.6. The molecule has 0 aromatic heterocycles. The lowest BCUT2D eigenvalue weighted by molar-refractivity contribution is 0.106. The van der Waals surface area contributed by atoms with Gasteiger partial charge in [0, 0.05) is 7.11 Å². The predicted octanol–water partition coefficient (Wildman–Crippen LogP) is 6.21. The zero-order valence-electron chi connectivity index (χ0n) is 20.0. The molecule has 0 aliphatic rings. The summed E-state index contributed by atoms with van der Waals surface area (Å²) in [5.74, 6) is 0. The van der Waals surface area contributed by atoms with Gasteiger partial charge in [-0.05, 0) is 34.3 Å². The molecule has 0 N–H and O–H groups in total. The summed E-state index contributed by atoms with van der Waals surface area (Å²) in [6.07, 6.45) is 5.22. The van der Waals surface area contributed by atoms with E-state index in [9.17, 15) is 0 Å². The molecular weight excluding hydrogens is 408 g/mol. The van der Waals surface area contributed by atoms with Gasteiger partial charge in [-0.3, -0.25) is 0 Å². The van der Waals surface area contributed by atoms with E-state index in [1.165, 1.54) is 21.5 Å². The van der Waals surface area contributed by atoms with Crippen LogP contribution in [0.5, 0.6) is 0 Å². The second kappa shape index (κ2) is 10.9. The van der Waals surface area contributed by atoms with Crippen molar-refractivity contribution in [1.82, 2.24) is 0 Å². The molecule has 0 saturated heterocycles. The van der Waals surface area contributed by atoms with Gasteiger partial charge in [-0.25, -0.2) is 0 Å². The fraction of sp³-hybridized carbons (Fsp3) is 0.310. The smallest absolute Gasteiger partial charge is 0.261 e. The number of ether oxygens (including phenoxy) is 1. The predicted molar refractivity (Wildman–Crippen MR) is 138 cm³/mol. The third-order valence-electron chi connectivity index (χ3n) is 6.06. The lowest BCUT2D eigenvalue weighted by Crippen LogP contribution is -2.66. The molecule has 0 bridgehead atoms. The third kappa shape index (κ3) is 5.47. The number of methoxy groups -OCH3 is 1. The fourth-order valence-electron chi connectivity index (χ4n) is 4.37. The first-order valence-electron chi connectivity index (χ1n) is 11.4. The van der Waals surface area contributed by atoms with Gasteiger partial charge in [0.25, 0.3) is 8.32 Å². The standard InChI is InChI=1S/C29H36O2Si/c1-24-19-21-25(22-20-24)28(30-5)18-12-13-23-31-32(29(2,3)4,26-14-8-6-9-15-26)27-16-10-7-11-17-27/h6-17,19-22,28H,18,23H2,1-5H3/b13-12+/t28-/m1/s1. The van der Waals surface area contributed by atoms with Gasteiger partial charge in [0.2, 0.25) is 0 Å². The monoisotopic (exact) mass is 444 g/mol. The minimum absolute atomic E-state index is 0.0134. The molecule has 3 aromatic rings. The zero-order chi connectivity index (χ0) is 23.0. The summed E-state index contributed by atoms with van der Waals surface area (Å²) in [6.45, 7) is 9.61. The highest BCUT2D eigenvalue weighted by atomic mass is 28.4. The SMILES string of the molecule is CO[C@H](C/C=C/CO[Si](c1ccccc1)(c1ccccc1)C(C)(C)C)c1ccc(C)cc1. The second-order valence-electron chi connectivity index (χ2n) is 9.32. The molecule has 0 fully saturated rings. The summed E-state index contributed by atoms with van der Waals surface area (Å²) >= 11 is 0. The van der Waals surface area contributed by atoms with E-state index in [0.717, 1.165) is 6.42 Å². The molecule has 0 saturated carbocycles. The highest BCUT2D eigenvalue weighted by Gasteiger charge is 2.49. The summed E-state index contributed by atoms with van der Waals surface area (Å²) in [5.41, 5.74) is 2.47. The van der Waals surface area contributed by atoms with Crippen LogP contribution in [0.15, 0.2) is 97.1 Å². The maximum atomic E-state index is 6.91. The molecule has 0 aliphatic heterocycles. The summed E-state index contributed by atoms with van der Waals surface area (Å²) in [5, 5.41) is 2.60. The van der Waals surface area contributed by atoms with Crippen LogP contribution in [0.4, 0.5) is 0 Å². The van der Waals surface area contributed by atoms with E-state index in [4.69, 9.17) is 9.16 Å². The molecular formula is C29H36O2Si. The molecule has 2 nitrogen and oxygen atoms in total. The van der Waals surface area contributed by atoms with E-state index in [-0.39, 0.29) is 11.1 Å². The largest absolute Gasteiger partial charge is 0.404 e. The van der Waals surface area contributed by atoms with Crippen molar-refractivity contribution in [3.63, 3.8) is 0 Å². The quantitative estimate of drug-likeness (QED) is 0.289. The maximum Gasteiger partial charge on any atom is 0.261 e. The molecule has 168 valence electrons. The van der Waals surface area contributed by atoms with Crippen molar-refractivity contribution in [2.45, 2.75) is 45.3 Å². The highest BCUT2D eigenvalue weighted by molar-refractivity contribution is 6.99. The van der Waals surface area contributed by atoms with Crippen LogP contribution in [0.1, 0.15) is 44.4 Å². The maximum absolute atomic E-state index is 6.91. The normalized spacial score (nSPS) is 13.4. The van der Waals surface area contributed by atoms with Crippen LogP contribution in [-0.2, 0) is 9.16 Å². The Balaban J connectivity index is 1.81. The molecule has 0 amide bonds. The fourth-order valence-corrected chi connectivity index (χ4v) is 8.87. The van der Waals surface area contributed by atoms with Gasteiger partial charge in [-0.1, -0.05) is 123 Å². The Morgan fingerprint density at radius 1 is 0.781 bits per heavy atom. The van der Waals surface area contributed by atoms with E-state index < -0.39 is 8.32 Å². The number of aryl methyl sites for hydroxylation is 1. The van der Waals surface area contributed by atoms with E-state index >= 15 is 0 Å². The van der Waals surface area contributed by atoms with Crippen LogP contribution in [0.3, 0.4) is 0 Å². The van der Waals surface area contributed by atoms with Crippen molar-refractivity contribution in [2.24, 2.45) is 0 Å². The molecule has 3 rings (SSSR count). The number of hydrogen-bond donors (Lipinski definition) is 0. The van der Waals surface area contributed by atoms with Crippen LogP contribution < -0.4 is 10.4 Å². The average molecular weight is 445 g/mol. The Kier molecular flexibility index (Phi) is 8.24. The van der Waals surface area contributed by atoms with E-state index in [0.29, 0.717) is 6.61 Å². The summed E-state index contributed by atoms with van der Waals surface area (Å²) in [7, 11) is -0.713. The summed E-state index contributed by atoms with van der Waals surface area (Å²) in [4.78, 5) is 0. The molecule has 0 radical (unpaired) electrons. The number of rotatable bonds is 9. The first kappa shape index (κ1) is 24.2. The van der Waals surface area contributed by atoms with Gasteiger partial charge >= 0.3 is 0 Å². The summed E-state index contributed by atoms with van der Waals surface area (Å²) in [6, 6.07) is 30.1. The molecule has 3 heteroatoms. The Morgan fingerprint density at radius 2 is 1.31 bits per heavy atom. The van der Waals surface area contributed by atoms with Crippen molar-refractivity contribution in [2.75, 3.05) is 13.7 Å². The van der Waals surface area contributed by atoms with Gasteiger partial charge in [0.1, 0.15) is 0 Å². The molecule has 0 heterocycles. The topological polar surface area (TPSA) is 18.5 Å². The van der Waals surface area contributed by atoms with Crippen molar-refractivity contribution in [3.8, 4) is 0 Å². The van der Waals surface area contributed by atoms with Crippen LogP contribution in [0.25, 0.3) is 0 Å². The molecule has 0 aliphatic carbocycles. The highest BCUT2D eigenvalue weighted by Crippen LogP contribution is 2.36. The van der Waals surface area contributed by atoms with E-state index in [1.54, 1.807) is 7.11 Å². The Labute approximate surface area is 195 Å². The van der Waals surface area contributed by atoms with E-state index in [1.807, 2.05) is 0 Å². The number of benzene rings is 3. The van der Waals surface area contributed by atoms with Gasteiger partial charge < -0.3 is 9.16 Å². The van der Waals surface area contributed by atoms with Gasteiger partial charge in [0.15, 0.2) is 0 Å². The third-order valence-corrected chi connectivity index (χ3v) is 11.1. The van der Waals surface area contributed by atoms with Crippen LogP contribution in [-0.4, -0.2) is 22.0 Å². The Morgan fingerprint density at radius 3 is 1.78 bits per heavy atom. The van der Waals surface area contributed by atoms with Crippen molar-refractivity contribution in [1.29, 1.82) is 0 Å². The number of hydrogen-bond acceptors (Lipinski definition) is 2. The van der Waals surface area contributed by atoms with Gasteiger partial charge in [-0.2, -0.15) is 0 Å². The second-order valence-corrected chi connectivity index (χ2v) is 13.6. The molecule has 1 atom stereocenters. The van der Waals surface area contributed by atoms with Crippen molar-refractivity contribution < 1.29 is 9.16 Å². The average Bonchev–Trinajstić information content (AvgIpc) is 2.80. The molecule has 3 aromatic carbocycles. The Hall–Kier alpha value is -2.46. The molecule has 32 heavy (non-hydrogen) atoms. The van der Waals surface area contributed by atoms with Crippen LogP contribution in [0.2, 0.25) is 5.04 Å². The van der Waals surface area contributed by atoms with E-state index in [2.05, 4.69) is 125 Å². The Bertz CT molecular complexity index is 934. The van der Waals surface area contributed by atoms with Crippen LogP contribution in [0, 0.1) is 6.92 Å². The first-order valence-corrected chi connectivity index (χ1v) is 13.3. The minimum atomic E-state index is -2.49. The lowest BCUT2D eigenvalue weighted by atomic mass is 10.0.